The Morgan fingerprint density at radius 1 is 0.615 bits per heavy atom. The predicted octanol–water partition coefficient (Wildman–Crippen LogP) is 4.37. The lowest BCUT2D eigenvalue weighted by molar-refractivity contribution is 0.415. The van der Waals surface area contributed by atoms with Gasteiger partial charge in [-0.05, 0) is 66.7 Å². The van der Waals surface area contributed by atoms with Crippen LogP contribution in [0.2, 0.25) is 0 Å². The van der Waals surface area contributed by atoms with Gasteiger partial charge in [-0.3, -0.25) is 0 Å². The molecule has 0 unspecified atom stereocenters. The highest BCUT2D eigenvalue weighted by atomic mass is 16.5. The molecular weight excluding hydrogens is 318 g/mol. The maximum atomic E-state index is 8.82. The molecule has 0 radical (unpaired) electrons. The van der Waals surface area contributed by atoms with Gasteiger partial charge in [0.1, 0.15) is 5.75 Å². The van der Waals surface area contributed by atoms with Crippen molar-refractivity contribution in [3.63, 3.8) is 0 Å². The molecule has 0 saturated heterocycles. The van der Waals surface area contributed by atoms with Gasteiger partial charge in [0.05, 0.1) is 18.7 Å². The Morgan fingerprint density at radius 2 is 1.08 bits per heavy atom. The number of hydrogen-bond acceptors (Lipinski definition) is 2. The minimum Gasteiger partial charge on any atom is -0.497 e. The van der Waals surface area contributed by atoms with Gasteiger partial charge in [-0.1, -0.05) is 29.7 Å². The van der Waals surface area contributed by atoms with Crippen molar-refractivity contribution in [1.82, 2.24) is 0 Å². The molecular formula is C24H15NO. The first kappa shape index (κ1) is 16.9. The smallest absolute Gasteiger partial charge is 0.118 e. The van der Waals surface area contributed by atoms with Crippen LogP contribution in [-0.2, 0) is 0 Å². The first-order chi connectivity index (χ1) is 12.8. The molecule has 0 saturated carbocycles. The highest BCUT2D eigenvalue weighted by Gasteiger charge is 1.93. The van der Waals surface area contributed by atoms with E-state index in [0.717, 1.165) is 28.0 Å². The van der Waals surface area contributed by atoms with Gasteiger partial charge in [0.25, 0.3) is 0 Å². The van der Waals surface area contributed by atoms with Crippen molar-refractivity contribution in [3.8, 4) is 35.5 Å². The Labute approximate surface area is 153 Å². The largest absolute Gasteiger partial charge is 0.497 e. The molecule has 26 heavy (non-hydrogen) atoms. The molecule has 0 fully saturated rings. The molecule has 0 bridgehead atoms. The molecule has 2 nitrogen and oxygen atoms in total. The fraction of sp³-hybridized carbons (Fsp3) is 0.0417. The van der Waals surface area contributed by atoms with Crippen LogP contribution in [0.4, 0.5) is 0 Å². The number of ether oxygens (including phenoxy) is 1. The van der Waals surface area contributed by atoms with E-state index in [2.05, 4.69) is 29.8 Å². The van der Waals surface area contributed by atoms with Crippen LogP contribution in [-0.4, -0.2) is 7.11 Å². The lowest BCUT2D eigenvalue weighted by Gasteiger charge is -1.97. The first-order valence-corrected chi connectivity index (χ1v) is 8.05. The minimum atomic E-state index is 0.631. The summed E-state index contributed by atoms with van der Waals surface area (Å²) in [6.45, 7) is 0. The Hall–Kier alpha value is -3.93. The summed E-state index contributed by atoms with van der Waals surface area (Å²) in [5, 5.41) is 8.82. The fourth-order valence-electron chi connectivity index (χ4n) is 2.27. The molecule has 0 spiro atoms. The molecule has 0 atom stereocenters. The summed E-state index contributed by atoms with van der Waals surface area (Å²) in [7, 11) is 1.64. The van der Waals surface area contributed by atoms with Crippen molar-refractivity contribution in [2.24, 2.45) is 0 Å². The third-order valence-electron chi connectivity index (χ3n) is 3.67. The van der Waals surface area contributed by atoms with Gasteiger partial charge in [-0.2, -0.15) is 5.26 Å². The Kier molecular flexibility index (Phi) is 5.37. The summed E-state index contributed by atoms with van der Waals surface area (Å²) in [4.78, 5) is 0. The van der Waals surface area contributed by atoms with E-state index in [1.165, 1.54) is 0 Å². The summed E-state index contributed by atoms with van der Waals surface area (Å²) < 4.78 is 5.14. The fourth-order valence-corrected chi connectivity index (χ4v) is 2.27. The molecule has 3 aromatic rings. The van der Waals surface area contributed by atoms with Crippen molar-refractivity contribution in [3.05, 3.63) is 101 Å². The molecule has 2 heteroatoms. The van der Waals surface area contributed by atoms with E-state index >= 15 is 0 Å². The highest BCUT2D eigenvalue weighted by molar-refractivity contribution is 5.50. The van der Waals surface area contributed by atoms with Gasteiger partial charge in [-0.15, -0.1) is 0 Å². The molecule has 0 aromatic heterocycles. The maximum absolute atomic E-state index is 8.82. The van der Waals surface area contributed by atoms with Gasteiger partial charge in [0.2, 0.25) is 0 Å². The zero-order chi connectivity index (χ0) is 18.2. The Balaban J connectivity index is 1.77. The van der Waals surface area contributed by atoms with E-state index < -0.39 is 0 Å². The lowest BCUT2D eigenvalue weighted by atomic mass is 10.1. The van der Waals surface area contributed by atoms with Crippen LogP contribution in [0.1, 0.15) is 27.8 Å². The van der Waals surface area contributed by atoms with Gasteiger partial charge < -0.3 is 4.74 Å². The van der Waals surface area contributed by atoms with Crippen LogP contribution >= 0.6 is 0 Å². The highest BCUT2D eigenvalue weighted by Crippen LogP contribution is 2.11. The predicted molar refractivity (Wildman–Crippen MR) is 103 cm³/mol. The third-order valence-corrected chi connectivity index (χ3v) is 3.67. The van der Waals surface area contributed by atoms with Crippen molar-refractivity contribution >= 4 is 0 Å². The Bertz CT molecular complexity index is 1060. The van der Waals surface area contributed by atoms with Crippen LogP contribution < -0.4 is 4.74 Å². The zero-order valence-electron chi connectivity index (χ0n) is 14.3. The topological polar surface area (TPSA) is 33.0 Å². The SMILES string of the molecule is COc1ccc(C#Cc2cccc(C#Cc3ccc(C#N)cc3)c2)cc1. The van der Waals surface area contributed by atoms with E-state index in [1.54, 1.807) is 19.2 Å². The van der Waals surface area contributed by atoms with Crippen LogP contribution in [0, 0.1) is 35.0 Å². The second-order valence-electron chi connectivity index (χ2n) is 5.50. The number of methoxy groups -OCH3 is 1. The molecule has 0 heterocycles. The Morgan fingerprint density at radius 3 is 1.58 bits per heavy atom. The van der Waals surface area contributed by atoms with Crippen molar-refractivity contribution in [2.45, 2.75) is 0 Å². The van der Waals surface area contributed by atoms with E-state index in [1.807, 2.05) is 60.7 Å². The number of nitrogens with zero attached hydrogens (tertiary/aromatic N) is 1. The molecule has 0 N–H and O–H groups in total. The summed E-state index contributed by atoms with van der Waals surface area (Å²) in [5.74, 6) is 13.4. The lowest BCUT2D eigenvalue weighted by Crippen LogP contribution is -1.82. The normalized spacial score (nSPS) is 9.08. The average Bonchev–Trinajstić information content (AvgIpc) is 2.72. The quantitative estimate of drug-likeness (QED) is 0.620. The number of nitriles is 1. The van der Waals surface area contributed by atoms with Crippen LogP contribution in [0.25, 0.3) is 0 Å². The first-order valence-electron chi connectivity index (χ1n) is 8.05. The number of benzene rings is 3. The van der Waals surface area contributed by atoms with Gasteiger partial charge >= 0.3 is 0 Å². The van der Waals surface area contributed by atoms with Gasteiger partial charge in [0.15, 0.2) is 0 Å². The molecule has 0 aliphatic heterocycles. The maximum Gasteiger partial charge on any atom is 0.118 e. The number of hydrogen-bond donors (Lipinski definition) is 0. The number of rotatable bonds is 1. The van der Waals surface area contributed by atoms with Gasteiger partial charge in [0, 0.05) is 22.3 Å². The monoisotopic (exact) mass is 333 g/mol. The third kappa shape index (κ3) is 4.55. The van der Waals surface area contributed by atoms with E-state index in [4.69, 9.17) is 10.00 Å². The standard InChI is InChI=1S/C24H15NO/c1-26-24-15-13-20(14-16-24)6-10-22-4-2-3-21(17-22)9-5-19-7-11-23(18-25)12-8-19/h2-4,7-8,11-17H,1H3. The van der Waals surface area contributed by atoms with Gasteiger partial charge in [-0.25, -0.2) is 0 Å². The molecule has 0 aliphatic rings. The summed E-state index contributed by atoms with van der Waals surface area (Å²) in [6.07, 6.45) is 0. The zero-order valence-corrected chi connectivity index (χ0v) is 14.3. The van der Waals surface area contributed by atoms with Crippen LogP contribution in [0.3, 0.4) is 0 Å². The summed E-state index contributed by atoms with van der Waals surface area (Å²) >= 11 is 0. The summed E-state index contributed by atoms with van der Waals surface area (Å²) in [5.41, 5.74) is 4.24. The second kappa shape index (κ2) is 8.25. The van der Waals surface area contributed by atoms with E-state index in [0.29, 0.717) is 5.56 Å². The van der Waals surface area contributed by atoms with Crippen molar-refractivity contribution in [1.29, 1.82) is 5.26 Å². The molecule has 122 valence electrons. The average molecular weight is 333 g/mol. The second-order valence-corrected chi connectivity index (χ2v) is 5.50. The molecule has 0 aliphatic carbocycles. The summed E-state index contributed by atoms with van der Waals surface area (Å²) in [6, 6.07) is 24.8. The van der Waals surface area contributed by atoms with E-state index in [-0.39, 0.29) is 0 Å². The van der Waals surface area contributed by atoms with Crippen LogP contribution in [0.5, 0.6) is 5.75 Å². The molecule has 3 aromatic carbocycles. The molecule has 3 rings (SSSR count). The van der Waals surface area contributed by atoms with Crippen LogP contribution in [0.15, 0.2) is 72.8 Å². The van der Waals surface area contributed by atoms with E-state index in [9.17, 15) is 0 Å². The van der Waals surface area contributed by atoms with Crippen molar-refractivity contribution in [2.75, 3.05) is 7.11 Å². The van der Waals surface area contributed by atoms with Crippen molar-refractivity contribution < 1.29 is 4.74 Å². The molecule has 0 amide bonds. The minimum absolute atomic E-state index is 0.631.